The third kappa shape index (κ3) is 3.91. The standard InChI is InChI=1S/C12H22N4O/c1-8(2)10(12(3,4)5)11(17)13-6-9-14-7-15-16-9/h8,10H,6-7H2,1-5H3,(H,13,17). The molecule has 0 fully saturated rings. The molecule has 1 aliphatic heterocycles. The zero-order valence-electron chi connectivity index (χ0n) is 11.3. The summed E-state index contributed by atoms with van der Waals surface area (Å²) in [6.07, 6.45) is 0. The molecule has 17 heavy (non-hydrogen) atoms. The highest BCUT2D eigenvalue weighted by atomic mass is 16.1. The van der Waals surface area contributed by atoms with Crippen LogP contribution in [-0.2, 0) is 4.79 Å². The van der Waals surface area contributed by atoms with Crippen molar-refractivity contribution < 1.29 is 4.79 Å². The van der Waals surface area contributed by atoms with Gasteiger partial charge in [0.05, 0.1) is 6.54 Å². The first-order valence-electron chi connectivity index (χ1n) is 6.01. The number of aliphatic imine (C=N–C) groups is 1. The van der Waals surface area contributed by atoms with E-state index in [-0.39, 0.29) is 17.2 Å². The zero-order chi connectivity index (χ0) is 13.1. The molecule has 0 radical (unpaired) electrons. The Morgan fingerprint density at radius 3 is 2.47 bits per heavy atom. The lowest BCUT2D eigenvalue weighted by Gasteiger charge is -2.32. The van der Waals surface area contributed by atoms with Crippen LogP contribution in [0.3, 0.4) is 0 Å². The van der Waals surface area contributed by atoms with Gasteiger partial charge in [0.2, 0.25) is 5.91 Å². The molecule has 0 aliphatic carbocycles. The lowest BCUT2D eigenvalue weighted by Crippen LogP contribution is -2.42. The first-order chi connectivity index (χ1) is 7.82. The summed E-state index contributed by atoms with van der Waals surface area (Å²) in [7, 11) is 0. The predicted molar refractivity (Wildman–Crippen MR) is 68.0 cm³/mol. The van der Waals surface area contributed by atoms with Gasteiger partial charge < -0.3 is 5.32 Å². The monoisotopic (exact) mass is 238 g/mol. The molecule has 0 aromatic heterocycles. The van der Waals surface area contributed by atoms with Crippen LogP contribution in [0.25, 0.3) is 0 Å². The summed E-state index contributed by atoms with van der Waals surface area (Å²) in [5.74, 6) is 0.968. The fourth-order valence-electron chi connectivity index (χ4n) is 2.32. The first-order valence-corrected chi connectivity index (χ1v) is 6.01. The molecule has 1 amide bonds. The second-order valence-corrected chi connectivity index (χ2v) is 5.76. The smallest absolute Gasteiger partial charge is 0.224 e. The number of nitrogens with one attached hydrogen (secondary N) is 1. The van der Waals surface area contributed by atoms with Crippen LogP contribution in [0.1, 0.15) is 34.6 Å². The van der Waals surface area contributed by atoms with Gasteiger partial charge in [0.25, 0.3) is 0 Å². The molecule has 5 nitrogen and oxygen atoms in total. The molecule has 1 N–H and O–H groups in total. The van der Waals surface area contributed by atoms with E-state index in [0.29, 0.717) is 25.0 Å². The number of carbonyl (C=O) groups excluding carboxylic acids is 1. The van der Waals surface area contributed by atoms with E-state index in [2.05, 4.69) is 55.2 Å². The Balaban J connectivity index is 2.57. The number of hydrogen-bond acceptors (Lipinski definition) is 4. The predicted octanol–water partition coefficient (Wildman–Crippen LogP) is 2.24. The average Bonchev–Trinajstić information content (AvgIpc) is 2.63. The van der Waals surface area contributed by atoms with E-state index in [1.165, 1.54) is 0 Å². The van der Waals surface area contributed by atoms with Gasteiger partial charge in [0.1, 0.15) is 0 Å². The highest BCUT2D eigenvalue weighted by Gasteiger charge is 2.33. The van der Waals surface area contributed by atoms with Crippen molar-refractivity contribution in [2.75, 3.05) is 13.2 Å². The number of nitrogens with zero attached hydrogens (tertiary/aromatic N) is 3. The largest absolute Gasteiger partial charge is 0.348 e. The maximum Gasteiger partial charge on any atom is 0.224 e. The van der Waals surface area contributed by atoms with Crippen molar-refractivity contribution in [3.63, 3.8) is 0 Å². The van der Waals surface area contributed by atoms with Gasteiger partial charge in [-0.05, 0) is 11.3 Å². The number of amides is 1. The number of rotatable bonds is 4. The van der Waals surface area contributed by atoms with Crippen LogP contribution in [0, 0.1) is 17.3 Å². The lowest BCUT2D eigenvalue weighted by molar-refractivity contribution is -0.129. The van der Waals surface area contributed by atoms with Gasteiger partial charge in [-0.3, -0.25) is 4.79 Å². The minimum absolute atomic E-state index is 0.0126. The molecule has 5 heteroatoms. The maximum atomic E-state index is 12.1. The summed E-state index contributed by atoms with van der Waals surface area (Å²) >= 11 is 0. The van der Waals surface area contributed by atoms with E-state index < -0.39 is 0 Å². The Morgan fingerprint density at radius 1 is 1.41 bits per heavy atom. The second-order valence-electron chi connectivity index (χ2n) is 5.76. The quantitative estimate of drug-likeness (QED) is 0.802. The van der Waals surface area contributed by atoms with Crippen molar-refractivity contribution in [3.8, 4) is 0 Å². The van der Waals surface area contributed by atoms with Gasteiger partial charge in [-0.25, -0.2) is 4.99 Å². The summed E-state index contributed by atoms with van der Waals surface area (Å²) in [4.78, 5) is 16.2. The molecule has 1 atom stereocenters. The highest BCUT2D eigenvalue weighted by molar-refractivity contribution is 5.90. The SMILES string of the molecule is CC(C)C(C(=O)NCC1=NCN=N1)C(C)(C)C. The molecule has 0 bridgehead atoms. The van der Waals surface area contributed by atoms with E-state index in [4.69, 9.17) is 0 Å². The van der Waals surface area contributed by atoms with Gasteiger partial charge in [-0.1, -0.05) is 34.6 Å². The van der Waals surface area contributed by atoms with Crippen molar-refractivity contribution in [1.29, 1.82) is 0 Å². The second kappa shape index (κ2) is 5.38. The number of amidine groups is 1. The summed E-state index contributed by atoms with van der Waals surface area (Å²) in [5.41, 5.74) is -0.0444. The molecule has 1 heterocycles. The Morgan fingerprint density at radius 2 is 2.06 bits per heavy atom. The van der Waals surface area contributed by atoms with E-state index in [0.717, 1.165) is 0 Å². The van der Waals surface area contributed by atoms with E-state index in [1.807, 2.05) is 0 Å². The molecule has 0 aromatic rings. The molecule has 0 spiro atoms. The normalized spacial score (nSPS) is 17.2. The molecular formula is C12H22N4O. The van der Waals surface area contributed by atoms with Gasteiger partial charge in [-0.15, -0.1) is 5.11 Å². The first kappa shape index (κ1) is 13.8. The van der Waals surface area contributed by atoms with Gasteiger partial charge >= 0.3 is 0 Å². The van der Waals surface area contributed by atoms with Crippen LogP contribution in [0.5, 0.6) is 0 Å². The number of hydrogen-bond donors (Lipinski definition) is 1. The number of carbonyl (C=O) groups is 1. The summed E-state index contributed by atoms with van der Waals surface area (Å²) in [5, 5.41) is 10.5. The Labute approximate surface area is 103 Å². The Hall–Kier alpha value is -1.26. The summed E-state index contributed by atoms with van der Waals surface area (Å²) < 4.78 is 0. The number of azo groups is 1. The van der Waals surface area contributed by atoms with Crippen molar-refractivity contribution >= 4 is 11.7 Å². The molecule has 1 rings (SSSR count). The van der Waals surface area contributed by atoms with Crippen LogP contribution >= 0.6 is 0 Å². The van der Waals surface area contributed by atoms with Crippen LogP contribution in [-0.4, -0.2) is 25.0 Å². The average molecular weight is 238 g/mol. The minimum Gasteiger partial charge on any atom is -0.348 e. The topological polar surface area (TPSA) is 66.2 Å². The molecule has 0 saturated heterocycles. The van der Waals surface area contributed by atoms with Crippen LogP contribution in [0.15, 0.2) is 15.2 Å². The third-order valence-electron chi connectivity index (χ3n) is 2.81. The van der Waals surface area contributed by atoms with E-state index >= 15 is 0 Å². The Kier molecular flexibility index (Phi) is 4.37. The van der Waals surface area contributed by atoms with Crippen LogP contribution in [0.2, 0.25) is 0 Å². The van der Waals surface area contributed by atoms with Gasteiger partial charge in [0, 0.05) is 5.92 Å². The van der Waals surface area contributed by atoms with Gasteiger partial charge in [-0.2, -0.15) is 5.11 Å². The molecule has 1 unspecified atom stereocenters. The minimum atomic E-state index is -0.0444. The van der Waals surface area contributed by atoms with E-state index in [9.17, 15) is 4.79 Å². The van der Waals surface area contributed by atoms with E-state index in [1.54, 1.807) is 0 Å². The molecule has 0 saturated carbocycles. The van der Waals surface area contributed by atoms with Crippen molar-refractivity contribution in [2.24, 2.45) is 32.5 Å². The molecule has 0 aromatic carbocycles. The van der Waals surface area contributed by atoms with Crippen LogP contribution < -0.4 is 5.32 Å². The summed E-state index contributed by atoms with van der Waals surface area (Å²) in [6.45, 7) is 11.2. The fourth-order valence-corrected chi connectivity index (χ4v) is 2.32. The van der Waals surface area contributed by atoms with Crippen LogP contribution in [0.4, 0.5) is 0 Å². The molecular weight excluding hydrogens is 216 g/mol. The summed E-state index contributed by atoms with van der Waals surface area (Å²) in [6, 6.07) is 0. The highest BCUT2D eigenvalue weighted by Crippen LogP contribution is 2.32. The molecule has 1 aliphatic rings. The van der Waals surface area contributed by atoms with Crippen molar-refractivity contribution in [2.45, 2.75) is 34.6 Å². The van der Waals surface area contributed by atoms with Crippen molar-refractivity contribution in [1.82, 2.24) is 5.32 Å². The molecule has 96 valence electrons. The fraction of sp³-hybridized carbons (Fsp3) is 0.833. The zero-order valence-corrected chi connectivity index (χ0v) is 11.3. The third-order valence-corrected chi connectivity index (χ3v) is 2.81. The van der Waals surface area contributed by atoms with Crippen molar-refractivity contribution in [3.05, 3.63) is 0 Å². The Bertz CT molecular complexity index is 339. The maximum absolute atomic E-state index is 12.1. The lowest BCUT2D eigenvalue weighted by atomic mass is 9.74. The van der Waals surface area contributed by atoms with Gasteiger partial charge in [0.15, 0.2) is 12.5 Å².